The van der Waals surface area contributed by atoms with Crippen molar-refractivity contribution in [1.82, 2.24) is 9.80 Å². The van der Waals surface area contributed by atoms with Crippen molar-refractivity contribution in [3.8, 4) is 46.0 Å². The summed E-state index contributed by atoms with van der Waals surface area (Å²) in [6.07, 6.45) is 3.25. The van der Waals surface area contributed by atoms with Gasteiger partial charge in [0.2, 0.25) is 5.75 Å². The summed E-state index contributed by atoms with van der Waals surface area (Å²) < 4.78 is 62.6. The lowest BCUT2D eigenvalue weighted by Crippen LogP contribution is -2.34. The van der Waals surface area contributed by atoms with E-state index in [0.717, 1.165) is 55.5 Å². The number of methoxy groups -OCH3 is 3. The summed E-state index contributed by atoms with van der Waals surface area (Å²) in [5.41, 5.74) is 6.93. The van der Waals surface area contributed by atoms with E-state index in [2.05, 4.69) is 54.2 Å². The van der Waals surface area contributed by atoms with Gasteiger partial charge < -0.3 is 28.8 Å². The normalized spacial score (nSPS) is 18.6. The van der Waals surface area contributed by atoms with Crippen molar-refractivity contribution in [2.24, 2.45) is 0 Å². The van der Waals surface area contributed by atoms with Crippen LogP contribution in [0.1, 0.15) is 45.5 Å². The van der Waals surface area contributed by atoms with E-state index in [9.17, 15) is 5.11 Å². The van der Waals surface area contributed by atoms with Gasteiger partial charge in [0.05, 0.1) is 21.3 Å². The molecule has 4 aromatic carbocycles. The molecule has 0 fully saturated rings. The SMILES string of the molecule is COc1cc2c3cc1Oc1c(OC)c(OC)cc4c1[C@@H](Cc1ccc(cc1)Oc1cc(ccc1O)C[C@@H]3N(C)CC2)N(C)CC4.O=S(=O)(O)O. The Kier molecular flexibility index (Phi) is 10.1. The molecule has 3 N–H and O–H groups in total. The Morgan fingerprint density at radius 2 is 1.32 bits per heavy atom. The maximum atomic E-state index is 10.7. The van der Waals surface area contributed by atoms with Crippen LogP contribution >= 0.6 is 0 Å². The van der Waals surface area contributed by atoms with Crippen LogP contribution in [0.5, 0.6) is 46.0 Å². The zero-order chi connectivity index (χ0) is 35.7. The Hall–Kier alpha value is -4.53. The van der Waals surface area contributed by atoms with E-state index in [1.165, 1.54) is 16.7 Å². The number of fused-ring (bicyclic) bond motifs is 2. The lowest BCUT2D eigenvalue weighted by Gasteiger charge is -2.37. The average molecular weight is 707 g/mol. The van der Waals surface area contributed by atoms with E-state index in [0.29, 0.717) is 40.2 Å². The highest BCUT2D eigenvalue weighted by Gasteiger charge is 2.34. The van der Waals surface area contributed by atoms with Crippen LogP contribution in [0.4, 0.5) is 0 Å². The zero-order valence-electron chi connectivity index (χ0n) is 28.7. The number of hydrogen-bond acceptors (Lipinski definition) is 10. The van der Waals surface area contributed by atoms with Gasteiger partial charge in [-0.05, 0) is 110 Å². The fourth-order valence-corrected chi connectivity index (χ4v) is 7.11. The predicted molar refractivity (Wildman–Crippen MR) is 187 cm³/mol. The van der Waals surface area contributed by atoms with Crippen LogP contribution < -0.4 is 23.7 Å². The fourth-order valence-electron chi connectivity index (χ4n) is 7.11. The molecular weight excluding hydrogens is 664 g/mol. The highest BCUT2D eigenvalue weighted by Crippen LogP contribution is 2.51. The summed E-state index contributed by atoms with van der Waals surface area (Å²) in [5, 5.41) is 10.7. The van der Waals surface area contributed by atoms with Gasteiger partial charge in [0.1, 0.15) is 5.75 Å². The van der Waals surface area contributed by atoms with Crippen molar-refractivity contribution in [2.75, 3.05) is 48.5 Å². The van der Waals surface area contributed by atoms with E-state index >= 15 is 0 Å². The molecule has 4 heterocycles. The van der Waals surface area contributed by atoms with Gasteiger partial charge in [-0.3, -0.25) is 18.9 Å². The number of ether oxygens (including phenoxy) is 5. The monoisotopic (exact) mass is 706 g/mol. The van der Waals surface area contributed by atoms with Gasteiger partial charge >= 0.3 is 10.4 Å². The Morgan fingerprint density at radius 3 is 1.98 bits per heavy atom. The molecule has 4 aromatic rings. The Balaban J connectivity index is 0.000000808. The van der Waals surface area contributed by atoms with Crippen molar-refractivity contribution in [3.05, 3.63) is 94.0 Å². The van der Waals surface area contributed by atoms with E-state index < -0.39 is 10.4 Å². The first kappa shape index (κ1) is 35.3. The molecule has 50 heavy (non-hydrogen) atoms. The molecule has 4 aliphatic rings. The number of rotatable bonds is 3. The maximum Gasteiger partial charge on any atom is 0.394 e. The Labute approximate surface area is 292 Å². The molecule has 12 nitrogen and oxygen atoms in total. The van der Waals surface area contributed by atoms with Crippen molar-refractivity contribution in [2.45, 2.75) is 37.8 Å². The third-order valence-electron chi connectivity index (χ3n) is 9.64. The van der Waals surface area contributed by atoms with Crippen LogP contribution in [0, 0.1) is 0 Å². The number of phenols is 1. The molecule has 0 aromatic heterocycles. The van der Waals surface area contributed by atoms with Gasteiger partial charge in [0, 0.05) is 30.7 Å². The van der Waals surface area contributed by atoms with Gasteiger partial charge in [0.15, 0.2) is 34.5 Å². The molecule has 13 heteroatoms. The van der Waals surface area contributed by atoms with Crippen molar-refractivity contribution >= 4 is 10.4 Å². The summed E-state index contributed by atoms with van der Waals surface area (Å²) in [6, 6.07) is 20.2. The number of hydrogen-bond donors (Lipinski definition) is 3. The number of nitrogens with zero attached hydrogens (tertiary/aromatic N) is 2. The number of likely N-dealkylation sites (N-methyl/N-ethyl adjacent to an activating group) is 2. The van der Waals surface area contributed by atoms with Crippen LogP contribution in [-0.2, 0) is 36.1 Å². The van der Waals surface area contributed by atoms with Gasteiger partial charge in [-0.2, -0.15) is 8.42 Å². The summed E-state index contributed by atoms with van der Waals surface area (Å²) in [6.45, 7) is 1.82. The number of phenolic OH excluding ortho intramolecular Hbond substituents is 1. The van der Waals surface area contributed by atoms with Gasteiger partial charge in [-0.15, -0.1) is 0 Å². The lowest BCUT2D eigenvalue weighted by molar-refractivity contribution is 0.220. The number of benzene rings is 4. The molecule has 2 atom stereocenters. The molecule has 0 radical (unpaired) electrons. The molecule has 266 valence electrons. The summed E-state index contributed by atoms with van der Waals surface area (Å²) in [4.78, 5) is 4.75. The molecule has 0 unspecified atom stereocenters. The van der Waals surface area contributed by atoms with E-state index in [1.54, 1.807) is 27.4 Å². The number of aromatic hydroxyl groups is 1. The first-order valence-corrected chi connectivity index (χ1v) is 17.6. The smallest absolute Gasteiger partial charge is 0.394 e. The van der Waals surface area contributed by atoms with Crippen LogP contribution in [0.3, 0.4) is 0 Å². The molecule has 0 aliphatic carbocycles. The van der Waals surface area contributed by atoms with Gasteiger partial charge in [-0.25, -0.2) is 0 Å². The summed E-state index contributed by atoms with van der Waals surface area (Å²) >= 11 is 0. The highest BCUT2D eigenvalue weighted by atomic mass is 32.3. The van der Waals surface area contributed by atoms with Gasteiger partial charge in [0.25, 0.3) is 0 Å². The minimum atomic E-state index is -4.67. The second-order valence-corrected chi connectivity index (χ2v) is 13.6. The minimum absolute atomic E-state index is 0.0254. The first-order valence-electron chi connectivity index (χ1n) is 16.2. The third kappa shape index (κ3) is 7.47. The fraction of sp³-hybridized carbons (Fsp3) is 0.351. The van der Waals surface area contributed by atoms with E-state index in [-0.39, 0.29) is 17.8 Å². The summed E-state index contributed by atoms with van der Waals surface area (Å²) in [7, 11) is 4.68. The summed E-state index contributed by atoms with van der Waals surface area (Å²) in [5.74, 6) is 4.44. The van der Waals surface area contributed by atoms with Crippen molar-refractivity contribution in [1.29, 1.82) is 0 Å². The second kappa shape index (κ2) is 14.4. The van der Waals surface area contributed by atoms with Crippen LogP contribution in [0.25, 0.3) is 0 Å². The molecule has 0 saturated heterocycles. The maximum absolute atomic E-state index is 10.7. The minimum Gasteiger partial charge on any atom is -0.504 e. The lowest BCUT2D eigenvalue weighted by atomic mass is 9.87. The largest absolute Gasteiger partial charge is 0.504 e. The van der Waals surface area contributed by atoms with Crippen molar-refractivity contribution < 1.29 is 46.3 Å². The Morgan fingerprint density at radius 1 is 0.720 bits per heavy atom. The molecule has 6 bridgehead atoms. The molecule has 8 rings (SSSR count). The Bertz CT molecular complexity index is 1980. The van der Waals surface area contributed by atoms with E-state index in [1.807, 2.05) is 24.3 Å². The average Bonchev–Trinajstić information content (AvgIpc) is 3.08. The predicted octanol–water partition coefficient (Wildman–Crippen LogP) is 6.21. The molecule has 4 aliphatic heterocycles. The standard InChI is InChI=1S/C37H40N2O6.H2O4S/c1-38-14-12-24-19-32(41-3)33-21-27(24)28(38)17-23-8-11-30(40)31(18-23)44-26-9-6-22(7-10-26)16-29-35-25(13-15-39(29)2)20-34(42-4)36(43-5)37(35)45-33;1-5(2,3)4/h6-11,18-21,28-29,40H,12-17H2,1-5H3;(H2,1,2,3,4)/t28-,29+;/m0./s1. The molecule has 0 amide bonds. The zero-order valence-corrected chi connectivity index (χ0v) is 29.5. The highest BCUT2D eigenvalue weighted by molar-refractivity contribution is 7.79. The quantitative estimate of drug-likeness (QED) is 0.208. The molecule has 0 spiro atoms. The first-order chi connectivity index (χ1) is 23.9. The van der Waals surface area contributed by atoms with Crippen molar-refractivity contribution in [3.63, 3.8) is 0 Å². The molecular formula is C37H42N2O10S. The van der Waals surface area contributed by atoms with Crippen LogP contribution in [0.15, 0.2) is 60.7 Å². The molecule has 0 saturated carbocycles. The van der Waals surface area contributed by atoms with Crippen LogP contribution in [-0.4, -0.2) is 80.9 Å². The topological polar surface area (TPSA) is 147 Å². The van der Waals surface area contributed by atoms with Gasteiger partial charge in [-0.1, -0.05) is 18.2 Å². The second-order valence-electron chi connectivity index (χ2n) is 12.7. The van der Waals surface area contributed by atoms with E-state index in [4.69, 9.17) is 41.2 Å². The third-order valence-corrected chi connectivity index (χ3v) is 9.64. The van der Waals surface area contributed by atoms with Crippen LogP contribution in [0.2, 0.25) is 0 Å².